The molecule has 10 heteroatoms. The van der Waals surface area contributed by atoms with Crippen LogP contribution in [0.15, 0.2) is 30.6 Å². The highest BCUT2D eigenvalue weighted by molar-refractivity contribution is 5.95. The summed E-state index contributed by atoms with van der Waals surface area (Å²) in [7, 11) is 1.39. The highest BCUT2D eigenvalue weighted by Crippen LogP contribution is 2.34. The number of carbonyl (C=O) groups excluding carboxylic acids is 2. The van der Waals surface area contributed by atoms with Crippen molar-refractivity contribution in [3.63, 3.8) is 0 Å². The highest BCUT2D eigenvalue weighted by Gasteiger charge is 2.28. The summed E-state index contributed by atoms with van der Waals surface area (Å²) in [6.45, 7) is 1.67. The highest BCUT2D eigenvalue weighted by atomic mass is 16.5. The lowest BCUT2D eigenvalue weighted by Gasteiger charge is -2.28. The van der Waals surface area contributed by atoms with E-state index in [0.29, 0.717) is 25.4 Å². The number of amides is 2. The fraction of sp³-hybridized carbons (Fsp3) is 0.538. The number of hydrogen-bond donors (Lipinski definition) is 2. The van der Waals surface area contributed by atoms with Gasteiger partial charge in [0, 0.05) is 50.1 Å². The molecule has 10 nitrogen and oxygen atoms in total. The molecule has 36 heavy (non-hydrogen) atoms. The molecule has 3 heterocycles. The molecule has 1 saturated carbocycles. The van der Waals surface area contributed by atoms with E-state index in [4.69, 9.17) is 9.72 Å². The first-order valence-corrected chi connectivity index (χ1v) is 12.8. The Morgan fingerprint density at radius 2 is 2.06 bits per heavy atom. The van der Waals surface area contributed by atoms with Crippen LogP contribution in [0.3, 0.4) is 0 Å². The Morgan fingerprint density at radius 1 is 1.22 bits per heavy atom. The lowest BCUT2D eigenvalue weighted by molar-refractivity contribution is -0.122. The first-order chi connectivity index (χ1) is 17.6. The lowest BCUT2D eigenvalue weighted by Crippen LogP contribution is -2.40. The van der Waals surface area contributed by atoms with Gasteiger partial charge < -0.3 is 19.7 Å². The number of aliphatic hydroxyl groups is 1. The third-order valence-corrected chi connectivity index (χ3v) is 7.47. The predicted molar refractivity (Wildman–Crippen MR) is 135 cm³/mol. The van der Waals surface area contributed by atoms with E-state index in [0.717, 1.165) is 66.6 Å². The van der Waals surface area contributed by atoms with Gasteiger partial charge in [-0.25, -0.2) is 9.78 Å². The van der Waals surface area contributed by atoms with Crippen LogP contribution in [-0.2, 0) is 35.5 Å². The molecule has 1 aromatic carbocycles. The number of fused-ring (bicyclic) bond motifs is 3. The molecular formula is C26H34N6O4. The number of rotatable bonds is 7. The van der Waals surface area contributed by atoms with Crippen LogP contribution >= 0.6 is 0 Å². The van der Waals surface area contributed by atoms with Gasteiger partial charge in [-0.15, -0.1) is 0 Å². The number of aliphatic hydroxyl groups excluding tert-OH is 1. The van der Waals surface area contributed by atoms with Crippen LogP contribution < -0.4 is 10.2 Å². The fourth-order valence-electron chi connectivity index (χ4n) is 5.54. The van der Waals surface area contributed by atoms with E-state index in [1.54, 1.807) is 11.1 Å². The van der Waals surface area contributed by atoms with Crippen LogP contribution in [0.1, 0.15) is 43.5 Å². The van der Waals surface area contributed by atoms with E-state index >= 15 is 0 Å². The Morgan fingerprint density at radius 3 is 2.78 bits per heavy atom. The maximum Gasteiger partial charge on any atom is 0.414 e. The van der Waals surface area contributed by atoms with Gasteiger partial charge in [-0.3, -0.25) is 14.4 Å². The van der Waals surface area contributed by atoms with Crippen molar-refractivity contribution in [1.82, 2.24) is 24.6 Å². The number of aromatic nitrogens is 4. The first-order valence-electron chi connectivity index (χ1n) is 12.8. The van der Waals surface area contributed by atoms with E-state index in [2.05, 4.69) is 10.4 Å². The third-order valence-electron chi connectivity index (χ3n) is 7.47. The molecule has 2 aliphatic rings. The second-order valence-electron chi connectivity index (χ2n) is 9.76. The lowest BCUT2D eigenvalue weighted by atomic mass is 9.86. The monoisotopic (exact) mass is 494 g/mol. The molecule has 5 rings (SSSR count). The van der Waals surface area contributed by atoms with E-state index in [9.17, 15) is 14.7 Å². The van der Waals surface area contributed by atoms with E-state index in [-0.39, 0.29) is 31.2 Å². The molecule has 1 aliphatic carbocycles. The number of anilines is 1. The number of aryl methyl sites for hydroxylation is 3. The summed E-state index contributed by atoms with van der Waals surface area (Å²) in [5.41, 5.74) is 3.59. The van der Waals surface area contributed by atoms with Gasteiger partial charge in [-0.05, 0) is 62.6 Å². The summed E-state index contributed by atoms with van der Waals surface area (Å²) < 4.78 is 8.85. The van der Waals surface area contributed by atoms with E-state index in [1.165, 1.54) is 7.11 Å². The number of hydrogen-bond acceptors (Lipinski definition) is 6. The number of carbonyl (C=O) groups is 2. The Bertz CT molecular complexity index is 1210. The molecule has 0 unspecified atom stereocenters. The van der Waals surface area contributed by atoms with Crippen molar-refractivity contribution in [3.8, 4) is 0 Å². The fourth-order valence-corrected chi connectivity index (χ4v) is 5.54. The van der Waals surface area contributed by atoms with Crippen molar-refractivity contribution >= 4 is 28.7 Å². The van der Waals surface area contributed by atoms with Crippen molar-refractivity contribution in [2.24, 2.45) is 5.92 Å². The smallest absolute Gasteiger partial charge is 0.414 e. The van der Waals surface area contributed by atoms with Crippen LogP contribution in [0.5, 0.6) is 0 Å². The molecule has 0 radical (unpaired) electrons. The standard InChI is InChI=1S/C26H34N6O4/c1-36-26(35)31-14-2-4-20-21(31)9-10-22-25(20)29-23(11-15-30-13-3-12-27-30)32(22)16-24(34)28-19-7-5-18(17-33)6-8-19/h3,9-10,12-13,18-19,33H,2,4-8,11,14-17H2,1H3,(H,28,34). The largest absolute Gasteiger partial charge is 0.452 e. The zero-order valence-electron chi connectivity index (χ0n) is 20.7. The van der Waals surface area contributed by atoms with Crippen molar-refractivity contribution in [1.29, 1.82) is 0 Å². The van der Waals surface area contributed by atoms with Crippen molar-refractivity contribution < 1.29 is 19.4 Å². The van der Waals surface area contributed by atoms with Gasteiger partial charge in [-0.1, -0.05) is 0 Å². The summed E-state index contributed by atoms with van der Waals surface area (Å²) in [5.74, 6) is 1.14. The number of ether oxygens (including phenoxy) is 1. The summed E-state index contributed by atoms with van der Waals surface area (Å²) in [5, 5.41) is 16.9. The molecular weight excluding hydrogens is 460 g/mol. The maximum absolute atomic E-state index is 13.1. The predicted octanol–water partition coefficient (Wildman–Crippen LogP) is 2.66. The second-order valence-corrected chi connectivity index (χ2v) is 9.76. The molecule has 192 valence electrons. The van der Waals surface area contributed by atoms with Crippen LogP contribution in [0, 0.1) is 5.92 Å². The summed E-state index contributed by atoms with van der Waals surface area (Å²) in [4.78, 5) is 32.1. The topological polar surface area (TPSA) is 115 Å². The van der Waals surface area contributed by atoms with Crippen LogP contribution in [0.2, 0.25) is 0 Å². The number of methoxy groups -OCH3 is 1. The molecule has 0 spiro atoms. The molecule has 2 aromatic heterocycles. The van der Waals surface area contributed by atoms with Gasteiger partial charge in [0.05, 0.1) is 23.8 Å². The number of imidazole rings is 1. The molecule has 1 aliphatic heterocycles. The summed E-state index contributed by atoms with van der Waals surface area (Å²) in [6, 6.07) is 5.93. The van der Waals surface area contributed by atoms with E-state index < -0.39 is 0 Å². The minimum absolute atomic E-state index is 0.0315. The van der Waals surface area contributed by atoms with Crippen LogP contribution in [0.25, 0.3) is 11.0 Å². The van der Waals surface area contributed by atoms with Crippen molar-refractivity contribution in [2.75, 3.05) is 25.2 Å². The Kier molecular flexibility index (Phi) is 7.22. The molecule has 0 atom stereocenters. The average Bonchev–Trinajstić information content (AvgIpc) is 3.55. The van der Waals surface area contributed by atoms with Gasteiger partial charge in [0.25, 0.3) is 0 Å². The second kappa shape index (κ2) is 10.7. The summed E-state index contributed by atoms with van der Waals surface area (Å²) >= 11 is 0. The van der Waals surface area contributed by atoms with Crippen LogP contribution in [0.4, 0.5) is 10.5 Å². The van der Waals surface area contributed by atoms with Gasteiger partial charge in [0.15, 0.2) is 0 Å². The molecule has 2 amide bonds. The number of nitrogens with one attached hydrogen (secondary N) is 1. The zero-order chi connectivity index (χ0) is 25.1. The summed E-state index contributed by atoms with van der Waals surface area (Å²) in [6.07, 6.45) is 9.22. The Hall–Kier alpha value is -3.40. The Balaban J connectivity index is 1.43. The molecule has 2 N–H and O–H groups in total. The van der Waals surface area contributed by atoms with Crippen molar-refractivity contribution in [2.45, 2.75) is 64.1 Å². The van der Waals surface area contributed by atoms with Crippen LogP contribution in [-0.4, -0.2) is 62.7 Å². The van der Waals surface area contributed by atoms with Crippen molar-refractivity contribution in [3.05, 3.63) is 42.0 Å². The maximum atomic E-state index is 13.1. The number of benzene rings is 1. The average molecular weight is 495 g/mol. The third kappa shape index (κ3) is 4.95. The minimum atomic E-state index is -0.371. The molecule has 0 saturated heterocycles. The van der Waals surface area contributed by atoms with Gasteiger partial charge in [0.2, 0.25) is 5.91 Å². The van der Waals surface area contributed by atoms with E-state index in [1.807, 2.05) is 33.6 Å². The minimum Gasteiger partial charge on any atom is -0.452 e. The Labute approximate surface area is 210 Å². The quantitative estimate of drug-likeness (QED) is 0.522. The van der Waals surface area contributed by atoms with Gasteiger partial charge >= 0.3 is 6.09 Å². The molecule has 0 bridgehead atoms. The first kappa shape index (κ1) is 24.3. The number of nitrogens with zero attached hydrogens (tertiary/aromatic N) is 5. The zero-order valence-corrected chi connectivity index (χ0v) is 20.7. The SMILES string of the molecule is COC(=O)N1CCCc2c1ccc1c2nc(CCn2cccn2)n1CC(=O)NC1CCC(CO)CC1. The molecule has 1 fully saturated rings. The van der Waals surface area contributed by atoms with Gasteiger partial charge in [-0.2, -0.15) is 5.10 Å². The molecule has 3 aromatic rings. The van der Waals surface area contributed by atoms with Gasteiger partial charge in [0.1, 0.15) is 12.4 Å². The normalized spacial score (nSPS) is 19.8.